The first kappa shape index (κ1) is 15.9. The molecule has 0 radical (unpaired) electrons. The third kappa shape index (κ3) is 4.00. The zero-order valence-electron chi connectivity index (χ0n) is 14.2. The molecule has 0 fully saturated rings. The van der Waals surface area contributed by atoms with Gasteiger partial charge in [-0.3, -0.25) is 0 Å². The number of hydrogen-bond acceptors (Lipinski definition) is 1. The number of fused-ring (bicyclic) bond motifs is 1. The lowest BCUT2D eigenvalue weighted by Crippen LogP contribution is -2.23. The SMILES string of the molecule is CC(C)(C)CC(c1ccc2cc(O)ccc2c1)C(C)(C)C. The van der Waals surface area contributed by atoms with E-state index in [2.05, 4.69) is 59.7 Å². The highest BCUT2D eigenvalue weighted by Gasteiger charge is 2.30. The summed E-state index contributed by atoms with van der Waals surface area (Å²) in [7, 11) is 0. The van der Waals surface area contributed by atoms with E-state index in [-0.39, 0.29) is 5.41 Å². The van der Waals surface area contributed by atoms with Gasteiger partial charge < -0.3 is 5.11 Å². The van der Waals surface area contributed by atoms with Crippen LogP contribution in [0.2, 0.25) is 0 Å². The molecule has 21 heavy (non-hydrogen) atoms. The van der Waals surface area contributed by atoms with Crippen LogP contribution in [-0.2, 0) is 0 Å². The van der Waals surface area contributed by atoms with Gasteiger partial charge in [0.2, 0.25) is 0 Å². The van der Waals surface area contributed by atoms with Crippen LogP contribution < -0.4 is 0 Å². The predicted octanol–water partition coefficient (Wildman–Crippen LogP) is 6.11. The monoisotopic (exact) mass is 284 g/mol. The van der Waals surface area contributed by atoms with Crippen LogP contribution in [0.15, 0.2) is 36.4 Å². The third-order valence-corrected chi connectivity index (χ3v) is 4.11. The Morgan fingerprint density at radius 1 is 0.857 bits per heavy atom. The van der Waals surface area contributed by atoms with Crippen molar-refractivity contribution in [3.05, 3.63) is 42.0 Å². The van der Waals surface area contributed by atoms with Crippen molar-refractivity contribution in [2.45, 2.75) is 53.9 Å². The van der Waals surface area contributed by atoms with Crippen molar-refractivity contribution in [3.8, 4) is 5.75 Å². The zero-order valence-corrected chi connectivity index (χ0v) is 14.2. The van der Waals surface area contributed by atoms with Gasteiger partial charge in [0, 0.05) is 0 Å². The standard InChI is InChI=1S/C20H28O/c1-19(2,3)13-18(20(4,5)6)16-8-7-15-12-17(21)10-9-14(15)11-16/h7-12,18,21H,13H2,1-6H3. The van der Waals surface area contributed by atoms with E-state index in [1.807, 2.05) is 12.1 Å². The minimum absolute atomic E-state index is 0.234. The van der Waals surface area contributed by atoms with E-state index >= 15 is 0 Å². The van der Waals surface area contributed by atoms with Gasteiger partial charge in [0.1, 0.15) is 5.75 Å². The highest BCUT2D eigenvalue weighted by Crippen LogP contribution is 2.43. The molecule has 0 amide bonds. The Morgan fingerprint density at radius 3 is 2.00 bits per heavy atom. The average Bonchev–Trinajstić information content (AvgIpc) is 2.33. The van der Waals surface area contributed by atoms with Crippen LogP contribution >= 0.6 is 0 Å². The third-order valence-electron chi connectivity index (χ3n) is 4.11. The predicted molar refractivity (Wildman–Crippen MR) is 91.9 cm³/mol. The molecule has 0 aliphatic heterocycles. The normalized spacial score (nSPS) is 14.4. The number of rotatable bonds is 2. The van der Waals surface area contributed by atoms with Crippen LogP contribution in [0.1, 0.15) is 59.4 Å². The van der Waals surface area contributed by atoms with Gasteiger partial charge in [-0.05, 0) is 51.6 Å². The number of hydrogen-bond donors (Lipinski definition) is 1. The van der Waals surface area contributed by atoms with E-state index in [1.54, 1.807) is 6.07 Å². The number of phenols is 1. The van der Waals surface area contributed by atoms with Gasteiger partial charge in [0.05, 0.1) is 0 Å². The van der Waals surface area contributed by atoms with Gasteiger partial charge >= 0.3 is 0 Å². The Bertz CT molecular complexity index is 626. The van der Waals surface area contributed by atoms with Crippen molar-refractivity contribution in [3.63, 3.8) is 0 Å². The van der Waals surface area contributed by atoms with Crippen molar-refractivity contribution in [1.29, 1.82) is 0 Å². The highest BCUT2D eigenvalue weighted by molar-refractivity contribution is 5.84. The van der Waals surface area contributed by atoms with E-state index in [0.717, 1.165) is 5.39 Å². The summed E-state index contributed by atoms with van der Waals surface area (Å²) >= 11 is 0. The van der Waals surface area contributed by atoms with Crippen molar-refractivity contribution in [2.24, 2.45) is 10.8 Å². The first-order valence-electron chi connectivity index (χ1n) is 7.79. The highest BCUT2D eigenvalue weighted by atomic mass is 16.3. The summed E-state index contributed by atoms with van der Waals surface area (Å²) in [5.74, 6) is 0.855. The summed E-state index contributed by atoms with van der Waals surface area (Å²) in [6.45, 7) is 13.9. The molecule has 2 aromatic carbocycles. The van der Waals surface area contributed by atoms with E-state index in [1.165, 1.54) is 17.4 Å². The van der Waals surface area contributed by atoms with Crippen LogP contribution in [0, 0.1) is 10.8 Å². The Balaban J connectivity index is 2.47. The van der Waals surface area contributed by atoms with E-state index < -0.39 is 0 Å². The Labute approximate surface area is 129 Å². The van der Waals surface area contributed by atoms with Gasteiger partial charge in [0.15, 0.2) is 0 Å². The molecule has 1 heteroatoms. The lowest BCUT2D eigenvalue weighted by atomic mass is 9.69. The molecule has 2 rings (SSSR count). The van der Waals surface area contributed by atoms with Crippen LogP contribution in [0.5, 0.6) is 5.75 Å². The molecule has 1 nitrogen and oxygen atoms in total. The molecule has 1 atom stereocenters. The molecule has 1 N–H and O–H groups in total. The lowest BCUT2D eigenvalue weighted by Gasteiger charge is -2.36. The molecule has 0 saturated heterocycles. The van der Waals surface area contributed by atoms with Crippen LogP contribution in [0.3, 0.4) is 0 Å². The van der Waals surface area contributed by atoms with Crippen molar-refractivity contribution >= 4 is 10.8 Å². The molecule has 0 aromatic heterocycles. The fourth-order valence-electron chi connectivity index (χ4n) is 3.00. The quantitative estimate of drug-likeness (QED) is 0.705. The fourth-order valence-corrected chi connectivity index (χ4v) is 3.00. The van der Waals surface area contributed by atoms with Gasteiger partial charge in [-0.2, -0.15) is 0 Å². The largest absolute Gasteiger partial charge is 0.508 e. The summed E-state index contributed by atoms with van der Waals surface area (Å²) < 4.78 is 0. The van der Waals surface area contributed by atoms with E-state index in [0.29, 0.717) is 17.1 Å². The van der Waals surface area contributed by atoms with Crippen molar-refractivity contribution < 1.29 is 5.11 Å². The van der Waals surface area contributed by atoms with Crippen LogP contribution in [0.4, 0.5) is 0 Å². The fraction of sp³-hybridized carbons (Fsp3) is 0.500. The summed E-state index contributed by atoms with van der Waals surface area (Å²) in [6, 6.07) is 12.2. The topological polar surface area (TPSA) is 20.2 Å². The second-order valence-corrected chi connectivity index (χ2v) is 8.47. The first-order chi connectivity index (χ1) is 9.56. The molecule has 0 aliphatic rings. The smallest absolute Gasteiger partial charge is 0.116 e. The van der Waals surface area contributed by atoms with Crippen molar-refractivity contribution in [1.82, 2.24) is 0 Å². The molecular weight excluding hydrogens is 256 g/mol. The maximum atomic E-state index is 9.59. The molecular formula is C20H28O. The van der Waals surface area contributed by atoms with E-state index in [9.17, 15) is 5.11 Å². The molecule has 2 aromatic rings. The van der Waals surface area contributed by atoms with Crippen molar-refractivity contribution in [2.75, 3.05) is 0 Å². The van der Waals surface area contributed by atoms with Gasteiger partial charge in [-0.15, -0.1) is 0 Å². The molecule has 0 heterocycles. The Hall–Kier alpha value is -1.50. The molecule has 1 unspecified atom stereocenters. The minimum atomic E-state index is 0.234. The summed E-state index contributed by atoms with van der Waals surface area (Å²) in [5, 5.41) is 11.9. The van der Waals surface area contributed by atoms with Gasteiger partial charge in [-0.25, -0.2) is 0 Å². The van der Waals surface area contributed by atoms with Crippen LogP contribution in [0.25, 0.3) is 10.8 Å². The molecule has 0 spiro atoms. The van der Waals surface area contributed by atoms with E-state index in [4.69, 9.17) is 0 Å². The lowest BCUT2D eigenvalue weighted by molar-refractivity contribution is 0.229. The maximum absolute atomic E-state index is 9.59. The summed E-state index contributed by atoms with van der Waals surface area (Å²) in [6.07, 6.45) is 1.17. The van der Waals surface area contributed by atoms with Gasteiger partial charge in [-0.1, -0.05) is 65.8 Å². The molecule has 0 saturated carbocycles. The Kier molecular flexibility index (Phi) is 4.06. The number of benzene rings is 2. The summed E-state index contributed by atoms with van der Waals surface area (Å²) in [4.78, 5) is 0. The average molecular weight is 284 g/mol. The first-order valence-corrected chi connectivity index (χ1v) is 7.79. The molecule has 0 bridgehead atoms. The maximum Gasteiger partial charge on any atom is 0.116 e. The van der Waals surface area contributed by atoms with Crippen LogP contribution in [-0.4, -0.2) is 5.11 Å². The van der Waals surface area contributed by atoms with Gasteiger partial charge in [0.25, 0.3) is 0 Å². The molecule has 0 aliphatic carbocycles. The second kappa shape index (κ2) is 5.36. The summed E-state index contributed by atoms with van der Waals surface area (Å²) in [5.41, 5.74) is 1.94. The molecule has 114 valence electrons. The number of phenolic OH excluding ortho intramolecular Hbond substituents is 1. The second-order valence-electron chi connectivity index (χ2n) is 8.47. The number of aromatic hydroxyl groups is 1. The Morgan fingerprint density at radius 2 is 1.43 bits per heavy atom. The minimum Gasteiger partial charge on any atom is -0.508 e. The zero-order chi connectivity index (χ0) is 15.8.